The van der Waals surface area contributed by atoms with Gasteiger partial charge in [0.15, 0.2) is 5.82 Å². The lowest BCUT2D eigenvalue weighted by molar-refractivity contribution is -0.131. The molecule has 0 amide bonds. The van der Waals surface area contributed by atoms with Gasteiger partial charge in [0.1, 0.15) is 5.75 Å². The molecule has 5 rings (SSSR count). The van der Waals surface area contributed by atoms with Crippen molar-refractivity contribution in [3.8, 4) is 5.75 Å². The van der Waals surface area contributed by atoms with Crippen molar-refractivity contribution in [2.24, 2.45) is 0 Å². The number of benzene rings is 3. The molecule has 5 nitrogen and oxygen atoms in total. The van der Waals surface area contributed by atoms with Crippen molar-refractivity contribution >= 4 is 5.97 Å². The molecule has 0 spiro atoms. The molecule has 0 aliphatic heterocycles. The van der Waals surface area contributed by atoms with E-state index in [1.165, 1.54) is 12.5 Å². The third-order valence-electron chi connectivity index (χ3n) is 6.56. The van der Waals surface area contributed by atoms with Crippen LogP contribution in [0.15, 0.2) is 83.4 Å². The van der Waals surface area contributed by atoms with E-state index in [-0.39, 0.29) is 11.9 Å². The van der Waals surface area contributed by atoms with E-state index >= 15 is 0 Å². The van der Waals surface area contributed by atoms with Gasteiger partial charge in [0.05, 0.1) is 5.92 Å². The second kappa shape index (κ2) is 10.0. The summed E-state index contributed by atoms with van der Waals surface area (Å²) in [7, 11) is 0. The fourth-order valence-corrected chi connectivity index (χ4v) is 5.02. The minimum Gasteiger partial charge on any atom is -0.426 e. The Morgan fingerprint density at radius 2 is 1.71 bits per heavy atom. The molecule has 0 saturated heterocycles. The third-order valence-corrected chi connectivity index (χ3v) is 6.56. The first kappa shape index (κ1) is 22.1. The smallest absolute Gasteiger partial charge is 0.308 e. The molecule has 1 aromatic heterocycles. The van der Waals surface area contributed by atoms with Gasteiger partial charge in [-0.2, -0.15) is 4.98 Å². The number of hydrogen-bond donors (Lipinski definition) is 0. The van der Waals surface area contributed by atoms with Crippen molar-refractivity contribution in [3.05, 3.63) is 113 Å². The number of carbonyl (C=O) groups excluding carboxylic acids is 1. The van der Waals surface area contributed by atoms with E-state index in [1.54, 1.807) is 0 Å². The second-order valence-electron chi connectivity index (χ2n) is 8.85. The minimum absolute atomic E-state index is 0.0923. The van der Waals surface area contributed by atoms with Crippen LogP contribution in [-0.2, 0) is 17.6 Å². The van der Waals surface area contributed by atoms with Gasteiger partial charge in [0.2, 0.25) is 5.89 Å². The van der Waals surface area contributed by atoms with Gasteiger partial charge < -0.3 is 9.26 Å². The van der Waals surface area contributed by atoms with Crippen molar-refractivity contribution in [2.45, 2.75) is 50.9 Å². The van der Waals surface area contributed by atoms with Crippen LogP contribution < -0.4 is 4.74 Å². The van der Waals surface area contributed by atoms with Crippen LogP contribution in [0.4, 0.5) is 0 Å². The minimum atomic E-state index is -0.277. The third kappa shape index (κ3) is 4.79. The molecule has 0 fully saturated rings. The molecule has 34 heavy (non-hydrogen) atoms. The molecule has 1 unspecified atom stereocenters. The molecule has 1 aliphatic rings. The summed E-state index contributed by atoms with van der Waals surface area (Å²) >= 11 is 0. The summed E-state index contributed by atoms with van der Waals surface area (Å²) < 4.78 is 11.2. The summed E-state index contributed by atoms with van der Waals surface area (Å²) in [5.74, 6) is 2.07. The Balaban J connectivity index is 1.35. The van der Waals surface area contributed by atoms with E-state index in [2.05, 4.69) is 35.5 Å². The SMILES string of the molecule is CC(=O)Oc1cccc2c1CCCC2CCc1noc(C(c2ccccc2)c2ccccc2)n1. The Labute approximate surface area is 199 Å². The van der Waals surface area contributed by atoms with Crippen LogP contribution in [-0.4, -0.2) is 16.1 Å². The van der Waals surface area contributed by atoms with Crippen LogP contribution in [0, 0.1) is 0 Å². The van der Waals surface area contributed by atoms with Gasteiger partial charge in [-0.15, -0.1) is 0 Å². The van der Waals surface area contributed by atoms with Crippen molar-refractivity contribution in [2.75, 3.05) is 0 Å². The van der Waals surface area contributed by atoms with Gasteiger partial charge in [-0.05, 0) is 59.9 Å². The van der Waals surface area contributed by atoms with Crippen LogP contribution in [0.2, 0.25) is 0 Å². The lowest BCUT2D eigenvalue weighted by Crippen LogP contribution is -2.14. The van der Waals surface area contributed by atoms with Gasteiger partial charge in [0, 0.05) is 13.3 Å². The number of aryl methyl sites for hydroxylation is 1. The molecule has 1 heterocycles. The zero-order chi connectivity index (χ0) is 23.3. The number of aromatic nitrogens is 2. The maximum atomic E-state index is 11.5. The molecular formula is C29H28N2O3. The van der Waals surface area contributed by atoms with Crippen molar-refractivity contribution in [1.82, 2.24) is 10.1 Å². The van der Waals surface area contributed by atoms with Crippen molar-refractivity contribution < 1.29 is 14.1 Å². The maximum absolute atomic E-state index is 11.5. The highest BCUT2D eigenvalue weighted by molar-refractivity contribution is 5.70. The number of carbonyl (C=O) groups is 1. The second-order valence-corrected chi connectivity index (χ2v) is 8.85. The first-order valence-corrected chi connectivity index (χ1v) is 11.9. The van der Waals surface area contributed by atoms with Gasteiger partial charge in [0.25, 0.3) is 0 Å². The highest BCUT2D eigenvalue weighted by Crippen LogP contribution is 2.39. The summed E-state index contributed by atoms with van der Waals surface area (Å²) in [6, 6.07) is 26.6. The van der Waals surface area contributed by atoms with Crippen LogP contribution in [0.25, 0.3) is 0 Å². The quantitative estimate of drug-likeness (QED) is 0.246. The predicted octanol–water partition coefficient (Wildman–Crippen LogP) is 6.23. The van der Waals surface area contributed by atoms with Crippen molar-refractivity contribution in [1.29, 1.82) is 0 Å². The van der Waals surface area contributed by atoms with Gasteiger partial charge >= 0.3 is 5.97 Å². The fraction of sp³-hybridized carbons (Fsp3) is 0.276. The topological polar surface area (TPSA) is 65.2 Å². The largest absolute Gasteiger partial charge is 0.426 e. The zero-order valence-corrected chi connectivity index (χ0v) is 19.3. The monoisotopic (exact) mass is 452 g/mol. The number of esters is 1. The van der Waals surface area contributed by atoms with Crippen LogP contribution in [0.5, 0.6) is 5.75 Å². The van der Waals surface area contributed by atoms with E-state index in [0.29, 0.717) is 17.6 Å². The Hall–Kier alpha value is -3.73. The average molecular weight is 453 g/mol. The molecular weight excluding hydrogens is 424 g/mol. The molecule has 5 heteroatoms. The molecule has 4 aromatic rings. The number of hydrogen-bond acceptors (Lipinski definition) is 5. The fourth-order valence-electron chi connectivity index (χ4n) is 5.02. The molecule has 1 aliphatic carbocycles. The maximum Gasteiger partial charge on any atom is 0.308 e. The van der Waals surface area contributed by atoms with Crippen LogP contribution in [0.1, 0.15) is 72.0 Å². The van der Waals surface area contributed by atoms with Gasteiger partial charge in [-0.3, -0.25) is 4.79 Å². The molecule has 1 atom stereocenters. The van der Waals surface area contributed by atoms with Crippen LogP contribution in [0.3, 0.4) is 0 Å². The summed E-state index contributed by atoms with van der Waals surface area (Å²) in [6.07, 6.45) is 4.80. The van der Waals surface area contributed by atoms with E-state index < -0.39 is 0 Å². The van der Waals surface area contributed by atoms with Crippen LogP contribution >= 0.6 is 0 Å². The van der Waals surface area contributed by atoms with E-state index in [1.807, 2.05) is 48.5 Å². The molecule has 172 valence electrons. The normalized spacial score (nSPS) is 15.2. The molecule has 0 radical (unpaired) electrons. The van der Waals surface area contributed by atoms with E-state index in [9.17, 15) is 4.79 Å². The standard InChI is InChI=1S/C29H28N2O3/c1-20(32)33-26-17-9-15-24-21(14-8-16-25(24)26)18-19-27-30-29(34-31-27)28(22-10-4-2-5-11-22)23-12-6-3-7-13-23/h2-7,9-13,15,17,21,28H,8,14,16,18-19H2,1H3. The Morgan fingerprint density at radius 1 is 1.00 bits per heavy atom. The lowest BCUT2D eigenvalue weighted by Gasteiger charge is -2.26. The Bertz CT molecular complexity index is 1210. The summed E-state index contributed by atoms with van der Waals surface area (Å²) in [5.41, 5.74) is 4.70. The number of fused-ring (bicyclic) bond motifs is 1. The van der Waals surface area contributed by atoms with E-state index in [0.717, 1.165) is 54.6 Å². The highest BCUT2D eigenvalue weighted by atomic mass is 16.5. The Morgan fingerprint density at radius 3 is 2.38 bits per heavy atom. The number of rotatable bonds is 7. The summed E-state index contributed by atoms with van der Waals surface area (Å²) in [4.78, 5) is 16.3. The summed E-state index contributed by atoms with van der Waals surface area (Å²) in [6.45, 7) is 1.45. The number of nitrogens with zero attached hydrogens (tertiary/aromatic N) is 2. The zero-order valence-electron chi connectivity index (χ0n) is 19.3. The van der Waals surface area contributed by atoms with Gasteiger partial charge in [-0.25, -0.2) is 0 Å². The van der Waals surface area contributed by atoms with E-state index in [4.69, 9.17) is 14.2 Å². The number of ether oxygens (including phenoxy) is 1. The first-order valence-electron chi connectivity index (χ1n) is 11.9. The highest BCUT2D eigenvalue weighted by Gasteiger charge is 2.26. The molecule has 3 aromatic carbocycles. The molecule has 0 bridgehead atoms. The first-order chi connectivity index (χ1) is 16.7. The molecule has 0 N–H and O–H groups in total. The lowest BCUT2D eigenvalue weighted by atomic mass is 9.80. The van der Waals surface area contributed by atoms with Gasteiger partial charge in [-0.1, -0.05) is 78.0 Å². The summed E-state index contributed by atoms with van der Waals surface area (Å²) in [5, 5.41) is 4.33. The molecule has 0 saturated carbocycles. The Kier molecular flexibility index (Phi) is 6.52. The average Bonchev–Trinajstić information content (AvgIpc) is 3.32. The predicted molar refractivity (Wildman–Crippen MR) is 130 cm³/mol. The van der Waals surface area contributed by atoms with Crippen molar-refractivity contribution in [3.63, 3.8) is 0 Å².